The fraction of sp³-hybridized carbons (Fsp3) is 0.250. The molecule has 2 aliphatic rings. The molecule has 2 N–H and O–H groups in total. The van der Waals surface area contributed by atoms with Gasteiger partial charge in [-0.2, -0.15) is 5.26 Å². The summed E-state index contributed by atoms with van der Waals surface area (Å²) in [7, 11) is 1.58. The van der Waals surface area contributed by atoms with Crippen LogP contribution in [-0.2, 0) is 0 Å². The van der Waals surface area contributed by atoms with Gasteiger partial charge in [-0.1, -0.05) is 6.07 Å². The molecule has 27 heavy (non-hydrogen) atoms. The number of nitrogens with two attached hydrogens (primary N) is 1. The summed E-state index contributed by atoms with van der Waals surface area (Å²) < 4.78 is 27.6. The van der Waals surface area contributed by atoms with Crippen LogP contribution in [0.5, 0.6) is 28.7 Å². The fourth-order valence-electron chi connectivity index (χ4n) is 3.33. The third kappa shape index (κ3) is 2.75. The maximum Gasteiger partial charge on any atom is 0.231 e. The summed E-state index contributed by atoms with van der Waals surface area (Å²) >= 11 is 0. The lowest BCUT2D eigenvalue weighted by Gasteiger charge is -2.27. The van der Waals surface area contributed by atoms with E-state index in [1.807, 2.05) is 31.2 Å². The molecule has 2 heterocycles. The summed E-state index contributed by atoms with van der Waals surface area (Å²) in [5.74, 6) is 2.60. The summed E-state index contributed by atoms with van der Waals surface area (Å²) in [6.45, 7) is 2.57. The van der Waals surface area contributed by atoms with Gasteiger partial charge in [0.05, 0.1) is 19.6 Å². The molecule has 0 unspecified atom stereocenters. The second kappa shape index (κ2) is 6.65. The minimum Gasteiger partial charge on any atom is -0.493 e. The van der Waals surface area contributed by atoms with Gasteiger partial charge in [-0.25, -0.2) is 0 Å². The zero-order valence-corrected chi connectivity index (χ0v) is 14.9. The Morgan fingerprint density at radius 2 is 1.93 bits per heavy atom. The molecular weight excluding hydrogens is 348 g/mol. The molecule has 4 rings (SSSR count). The first-order chi connectivity index (χ1) is 13.2. The molecule has 0 aliphatic carbocycles. The molecule has 0 spiro atoms. The van der Waals surface area contributed by atoms with Crippen LogP contribution >= 0.6 is 0 Å². The van der Waals surface area contributed by atoms with Crippen molar-refractivity contribution in [3.63, 3.8) is 0 Å². The van der Waals surface area contributed by atoms with Gasteiger partial charge in [-0.3, -0.25) is 0 Å². The van der Waals surface area contributed by atoms with E-state index in [2.05, 4.69) is 6.07 Å². The minimum atomic E-state index is -0.419. The molecule has 0 saturated heterocycles. The molecule has 0 saturated carbocycles. The van der Waals surface area contributed by atoms with Gasteiger partial charge >= 0.3 is 0 Å². The highest BCUT2D eigenvalue weighted by atomic mass is 16.7. The standard InChI is InChI=1S/C20H18N2O5/c1-3-24-14-5-4-11(6-16(14)23-2)19-12-7-17-18(26-10-25-17)8-15(12)27-20(22)13(19)9-21/h4-8,19H,3,10,22H2,1-2H3/t19-/m1/s1. The molecule has 0 amide bonds. The number of hydrogen-bond acceptors (Lipinski definition) is 7. The zero-order valence-electron chi connectivity index (χ0n) is 14.9. The number of methoxy groups -OCH3 is 1. The first-order valence-corrected chi connectivity index (χ1v) is 8.48. The van der Waals surface area contributed by atoms with Crippen molar-refractivity contribution in [2.45, 2.75) is 12.8 Å². The number of allylic oxidation sites excluding steroid dienone is 1. The van der Waals surface area contributed by atoms with E-state index in [1.165, 1.54) is 0 Å². The van der Waals surface area contributed by atoms with Gasteiger partial charge in [0, 0.05) is 11.6 Å². The number of fused-ring (bicyclic) bond motifs is 2. The molecule has 0 fully saturated rings. The van der Waals surface area contributed by atoms with E-state index in [1.54, 1.807) is 13.2 Å². The number of ether oxygens (including phenoxy) is 5. The van der Waals surface area contributed by atoms with Crippen molar-refractivity contribution >= 4 is 0 Å². The summed E-state index contributed by atoms with van der Waals surface area (Å²) in [5, 5.41) is 9.70. The predicted octanol–water partition coefficient (Wildman–Crippen LogP) is 3.04. The summed E-state index contributed by atoms with van der Waals surface area (Å²) in [5.41, 5.74) is 7.96. The summed E-state index contributed by atoms with van der Waals surface area (Å²) in [6.07, 6.45) is 0. The molecule has 0 radical (unpaired) electrons. The van der Waals surface area contributed by atoms with E-state index >= 15 is 0 Å². The molecule has 2 aliphatic heterocycles. The van der Waals surface area contributed by atoms with Crippen LogP contribution in [0.2, 0.25) is 0 Å². The Balaban J connectivity index is 1.87. The van der Waals surface area contributed by atoms with Crippen molar-refractivity contribution in [1.82, 2.24) is 0 Å². The van der Waals surface area contributed by atoms with Crippen molar-refractivity contribution in [2.24, 2.45) is 5.73 Å². The van der Waals surface area contributed by atoms with Crippen molar-refractivity contribution in [3.8, 4) is 34.8 Å². The zero-order chi connectivity index (χ0) is 19.0. The van der Waals surface area contributed by atoms with E-state index in [9.17, 15) is 5.26 Å². The van der Waals surface area contributed by atoms with Crippen LogP contribution in [-0.4, -0.2) is 20.5 Å². The van der Waals surface area contributed by atoms with Gasteiger partial charge in [0.25, 0.3) is 0 Å². The molecule has 1 atom stereocenters. The van der Waals surface area contributed by atoms with Crippen molar-refractivity contribution in [2.75, 3.05) is 20.5 Å². The fourth-order valence-corrected chi connectivity index (χ4v) is 3.33. The van der Waals surface area contributed by atoms with Gasteiger partial charge in [-0.05, 0) is 30.7 Å². The molecule has 2 aromatic rings. The second-order valence-corrected chi connectivity index (χ2v) is 6.01. The van der Waals surface area contributed by atoms with Crippen molar-refractivity contribution < 1.29 is 23.7 Å². The van der Waals surface area contributed by atoms with Crippen LogP contribution < -0.4 is 29.4 Å². The quantitative estimate of drug-likeness (QED) is 0.888. The number of nitrogens with zero attached hydrogens (tertiary/aromatic N) is 1. The molecule has 0 bridgehead atoms. The van der Waals surface area contributed by atoms with Gasteiger partial charge < -0.3 is 29.4 Å². The topological polar surface area (TPSA) is 96.0 Å². The van der Waals surface area contributed by atoms with E-state index in [-0.39, 0.29) is 12.7 Å². The highest BCUT2D eigenvalue weighted by molar-refractivity contribution is 5.62. The lowest BCUT2D eigenvalue weighted by atomic mass is 9.83. The van der Waals surface area contributed by atoms with E-state index in [0.29, 0.717) is 40.9 Å². The summed E-state index contributed by atoms with van der Waals surface area (Å²) in [4.78, 5) is 0. The van der Waals surface area contributed by atoms with Gasteiger partial charge in [0.2, 0.25) is 12.7 Å². The highest BCUT2D eigenvalue weighted by Gasteiger charge is 2.33. The Bertz CT molecular complexity index is 977. The number of nitriles is 1. The van der Waals surface area contributed by atoms with Gasteiger partial charge in [-0.15, -0.1) is 0 Å². The van der Waals surface area contributed by atoms with Crippen LogP contribution in [0.15, 0.2) is 41.8 Å². The second-order valence-electron chi connectivity index (χ2n) is 6.01. The largest absolute Gasteiger partial charge is 0.493 e. The Hall–Kier alpha value is -3.53. The minimum absolute atomic E-state index is 0.0710. The first kappa shape index (κ1) is 16.9. The SMILES string of the molecule is CCOc1ccc([C@H]2C(C#N)=C(N)Oc3cc4c(cc32)OCO4)cc1OC. The van der Waals surface area contributed by atoms with Gasteiger partial charge in [0.1, 0.15) is 17.4 Å². The van der Waals surface area contributed by atoms with Crippen LogP contribution in [0.1, 0.15) is 24.0 Å². The maximum atomic E-state index is 9.70. The molecule has 2 aromatic carbocycles. The molecular formula is C20H18N2O5. The molecule has 7 nitrogen and oxygen atoms in total. The number of rotatable bonds is 4. The van der Waals surface area contributed by atoms with Crippen LogP contribution in [0.3, 0.4) is 0 Å². The molecule has 138 valence electrons. The highest BCUT2D eigenvalue weighted by Crippen LogP contribution is 2.48. The first-order valence-electron chi connectivity index (χ1n) is 8.48. The lowest BCUT2D eigenvalue weighted by Crippen LogP contribution is -2.21. The van der Waals surface area contributed by atoms with E-state index < -0.39 is 5.92 Å². The Labute approximate surface area is 156 Å². The Morgan fingerprint density at radius 3 is 2.63 bits per heavy atom. The predicted molar refractivity (Wildman–Crippen MR) is 96.0 cm³/mol. The lowest BCUT2D eigenvalue weighted by molar-refractivity contribution is 0.174. The van der Waals surface area contributed by atoms with Gasteiger partial charge in [0.15, 0.2) is 23.0 Å². The van der Waals surface area contributed by atoms with E-state index in [4.69, 9.17) is 29.4 Å². The number of benzene rings is 2. The third-order valence-corrected chi connectivity index (χ3v) is 4.53. The third-order valence-electron chi connectivity index (χ3n) is 4.53. The Morgan fingerprint density at radius 1 is 1.15 bits per heavy atom. The van der Waals surface area contributed by atoms with Crippen LogP contribution in [0, 0.1) is 11.3 Å². The average molecular weight is 366 g/mol. The smallest absolute Gasteiger partial charge is 0.231 e. The van der Waals surface area contributed by atoms with Crippen LogP contribution in [0.4, 0.5) is 0 Å². The van der Waals surface area contributed by atoms with Crippen LogP contribution in [0.25, 0.3) is 0 Å². The molecule has 7 heteroatoms. The summed E-state index contributed by atoms with van der Waals surface area (Å²) in [6, 6.07) is 11.3. The normalized spacial score (nSPS) is 17.0. The van der Waals surface area contributed by atoms with E-state index in [0.717, 1.165) is 11.1 Å². The number of hydrogen-bond donors (Lipinski definition) is 1. The average Bonchev–Trinajstić information content (AvgIpc) is 3.13. The molecule has 0 aromatic heterocycles. The monoisotopic (exact) mass is 366 g/mol. The van der Waals surface area contributed by atoms with Crippen molar-refractivity contribution in [1.29, 1.82) is 5.26 Å². The Kier molecular flexibility index (Phi) is 4.16. The maximum absolute atomic E-state index is 9.70. The van der Waals surface area contributed by atoms with Crippen molar-refractivity contribution in [3.05, 3.63) is 52.9 Å².